The molecule has 6 nitrogen and oxygen atoms in total. The minimum Gasteiger partial charge on any atom is -0.340 e. The Morgan fingerprint density at radius 3 is 2.91 bits per heavy atom. The number of thiophene rings is 1. The first-order valence-electron chi connectivity index (χ1n) is 11.1. The van der Waals surface area contributed by atoms with Crippen molar-refractivity contribution >= 4 is 54.9 Å². The number of rotatable bonds is 5. The lowest BCUT2D eigenvalue weighted by Crippen LogP contribution is -2.34. The third-order valence-electron chi connectivity index (χ3n) is 6.11. The number of nitrogens with zero attached hydrogens (tertiary/aromatic N) is 4. The van der Waals surface area contributed by atoms with Crippen LogP contribution in [0, 0.1) is 0 Å². The average molecular weight is 512 g/mol. The summed E-state index contributed by atoms with van der Waals surface area (Å²) < 4.78 is 1.02. The molecule has 0 radical (unpaired) electrons. The Bertz CT molecular complexity index is 1150. The summed E-state index contributed by atoms with van der Waals surface area (Å²) in [7, 11) is 0. The molecule has 1 N–H and O–H groups in total. The molecule has 4 heterocycles. The van der Waals surface area contributed by atoms with Crippen LogP contribution >= 0.6 is 27.3 Å². The van der Waals surface area contributed by atoms with Crippen molar-refractivity contribution in [1.29, 1.82) is 0 Å². The lowest BCUT2D eigenvalue weighted by molar-refractivity contribution is -0.126. The van der Waals surface area contributed by atoms with Crippen molar-refractivity contribution < 1.29 is 4.79 Å². The van der Waals surface area contributed by atoms with Crippen molar-refractivity contribution in [3.05, 3.63) is 57.7 Å². The van der Waals surface area contributed by atoms with Crippen LogP contribution in [0.2, 0.25) is 0 Å². The highest BCUT2D eigenvalue weighted by Crippen LogP contribution is 2.38. The number of likely N-dealkylation sites (tertiary alicyclic amines) is 1. The summed E-state index contributed by atoms with van der Waals surface area (Å²) >= 11 is 5.19. The zero-order valence-corrected chi connectivity index (χ0v) is 20.3. The van der Waals surface area contributed by atoms with Crippen molar-refractivity contribution in [2.75, 3.05) is 31.5 Å². The van der Waals surface area contributed by atoms with Crippen LogP contribution in [-0.4, -0.2) is 51.9 Å². The van der Waals surface area contributed by atoms with Crippen molar-refractivity contribution in [3.8, 4) is 0 Å². The van der Waals surface area contributed by atoms with Gasteiger partial charge in [0.1, 0.15) is 17.0 Å². The van der Waals surface area contributed by atoms with Crippen molar-refractivity contribution in [3.63, 3.8) is 0 Å². The Morgan fingerprint density at radius 2 is 2.06 bits per heavy atom. The molecule has 0 bridgehead atoms. The summed E-state index contributed by atoms with van der Waals surface area (Å²) in [6, 6.07) is 8.05. The molecule has 0 saturated carbocycles. The fourth-order valence-corrected chi connectivity index (χ4v) is 6.07. The number of benzene rings is 1. The van der Waals surface area contributed by atoms with Crippen LogP contribution in [0.4, 0.5) is 11.5 Å². The number of fused-ring (bicyclic) bond motifs is 3. The maximum atomic E-state index is 12.8. The van der Waals surface area contributed by atoms with Gasteiger partial charge in [-0.25, -0.2) is 9.97 Å². The summed E-state index contributed by atoms with van der Waals surface area (Å²) in [4.78, 5) is 28.4. The number of hydrogen-bond donors (Lipinski definition) is 1. The highest BCUT2D eigenvalue weighted by Gasteiger charge is 2.25. The van der Waals surface area contributed by atoms with E-state index < -0.39 is 0 Å². The predicted molar refractivity (Wildman–Crippen MR) is 133 cm³/mol. The molecule has 8 heteroatoms. The van der Waals surface area contributed by atoms with E-state index in [1.165, 1.54) is 29.7 Å². The smallest absolute Gasteiger partial charge is 0.246 e. The van der Waals surface area contributed by atoms with E-state index >= 15 is 0 Å². The molecule has 0 spiro atoms. The van der Waals surface area contributed by atoms with Crippen molar-refractivity contribution in [1.82, 2.24) is 19.8 Å². The summed E-state index contributed by atoms with van der Waals surface area (Å²) in [5.41, 5.74) is 2.25. The first-order valence-corrected chi connectivity index (χ1v) is 12.7. The largest absolute Gasteiger partial charge is 0.340 e. The van der Waals surface area contributed by atoms with Gasteiger partial charge in [-0.15, -0.1) is 11.3 Å². The molecular weight excluding hydrogens is 486 g/mol. The Morgan fingerprint density at radius 1 is 1.19 bits per heavy atom. The van der Waals surface area contributed by atoms with Crippen LogP contribution < -0.4 is 5.32 Å². The predicted octanol–water partition coefficient (Wildman–Crippen LogP) is 5.12. The Kier molecular flexibility index (Phi) is 6.52. The number of anilines is 2. The number of piperidine rings is 1. The van der Waals surface area contributed by atoms with Gasteiger partial charge in [0.05, 0.1) is 11.9 Å². The molecule has 2 aliphatic heterocycles. The van der Waals surface area contributed by atoms with Gasteiger partial charge in [-0.2, -0.15) is 0 Å². The number of carbonyl (C=O) groups excluding carboxylic acids is 1. The Labute approximate surface area is 200 Å². The van der Waals surface area contributed by atoms with E-state index in [1.807, 2.05) is 35.2 Å². The summed E-state index contributed by atoms with van der Waals surface area (Å²) in [6.45, 7) is 4.51. The molecule has 32 heavy (non-hydrogen) atoms. The molecule has 1 amide bonds. The quantitative estimate of drug-likeness (QED) is 0.481. The third kappa shape index (κ3) is 4.72. The second-order valence-corrected chi connectivity index (χ2v) is 10.3. The number of aromatic nitrogens is 2. The fraction of sp³-hybridized carbons (Fsp3) is 0.375. The standard InChI is InChI=1S/C24H26BrN5OS/c25-17-6-4-7-18(14-17)28-23-22-19-9-13-30(15-20(19)32-24(22)27-16-26-23)21(31)8-5-12-29-10-2-1-3-11-29/h4-8,14,16H,1-3,9-13,15H2,(H,26,27,28)/b8-5+. The van der Waals surface area contributed by atoms with Crippen molar-refractivity contribution in [2.24, 2.45) is 0 Å². The van der Waals surface area contributed by atoms with E-state index in [4.69, 9.17) is 0 Å². The number of hydrogen-bond acceptors (Lipinski definition) is 6. The van der Waals surface area contributed by atoms with Crippen LogP contribution in [0.5, 0.6) is 0 Å². The number of carbonyl (C=O) groups is 1. The van der Waals surface area contributed by atoms with E-state index in [-0.39, 0.29) is 5.91 Å². The maximum Gasteiger partial charge on any atom is 0.246 e. The van der Waals surface area contributed by atoms with Crippen molar-refractivity contribution in [2.45, 2.75) is 32.2 Å². The van der Waals surface area contributed by atoms with Gasteiger partial charge in [-0.05, 0) is 56.1 Å². The highest BCUT2D eigenvalue weighted by atomic mass is 79.9. The SMILES string of the molecule is O=C(/C=C/CN1CCCCC1)N1CCc2c(sc3ncnc(Nc4cccc(Br)c4)c23)C1. The first-order chi connectivity index (χ1) is 15.7. The van der Waals surface area contributed by atoms with Gasteiger partial charge in [-0.3, -0.25) is 9.69 Å². The summed E-state index contributed by atoms with van der Waals surface area (Å²) in [5.74, 6) is 0.926. The average Bonchev–Trinajstić information content (AvgIpc) is 3.18. The summed E-state index contributed by atoms with van der Waals surface area (Å²) in [5, 5.41) is 4.53. The van der Waals surface area contributed by atoms with E-state index in [2.05, 4.69) is 36.1 Å². The molecule has 2 aromatic heterocycles. The second kappa shape index (κ2) is 9.68. The molecule has 1 fully saturated rings. The summed E-state index contributed by atoms with van der Waals surface area (Å²) in [6.07, 6.45) is 10.1. The zero-order chi connectivity index (χ0) is 21.9. The first kappa shape index (κ1) is 21.6. The number of halogens is 1. The topological polar surface area (TPSA) is 61.4 Å². The zero-order valence-electron chi connectivity index (χ0n) is 17.9. The normalized spacial score (nSPS) is 17.1. The van der Waals surface area contributed by atoms with Crippen LogP contribution in [0.3, 0.4) is 0 Å². The molecule has 0 atom stereocenters. The van der Waals surface area contributed by atoms with Gasteiger partial charge in [0.15, 0.2) is 0 Å². The minimum absolute atomic E-state index is 0.101. The van der Waals surface area contributed by atoms with Gasteiger partial charge < -0.3 is 10.2 Å². The molecule has 1 saturated heterocycles. The maximum absolute atomic E-state index is 12.8. The Hall–Kier alpha value is -2.29. The van der Waals surface area contributed by atoms with Gasteiger partial charge in [-0.1, -0.05) is 34.5 Å². The molecule has 0 aliphatic carbocycles. The van der Waals surface area contributed by atoms with Gasteiger partial charge in [0.2, 0.25) is 5.91 Å². The number of amides is 1. The minimum atomic E-state index is 0.101. The molecule has 166 valence electrons. The van der Waals surface area contributed by atoms with Gasteiger partial charge >= 0.3 is 0 Å². The number of nitrogens with one attached hydrogen (secondary N) is 1. The highest BCUT2D eigenvalue weighted by molar-refractivity contribution is 9.10. The van der Waals surface area contributed by atoms with Gasteiger partial charge in [0, 0.05) is 34.2 Å². The van der Waals surface area contributed by atoms with E-state index in [1.54, 1.807) is 23.7 Å². The lowest BCUT2D eigenvalue weighted by atomic mass is 10.0. The van der Waals surface area contributed by atoms with Crippen LogP contribution in [-0.2, 0) is 17.8 Å². The Balaban J connectivity index is 1.31. The second-order valence-electron chi connectivity index (χ2n) is 8.31. The lowest BCUT2D eigenvalue weighted by Gasteiger charge is -2.27. The fourth-order valence-electron chi connectivity index (χ4n) is 4.46. The molecule has 1 aromatic carbocycles. The van der Waals surface area contributed by atoms with Crippen LogP contribution in [0.1, 0.15) is 29.7 Å². The monoisotopic (exact) mass is 511 g/mol. The molecular formula is C24H26BrN5OS. The molecule has 3 aromatic rings. The van der Waals surface area contributed by atoms with E-state index in [0.717, 1.165) is 58.8 Å². The van der Waals surface area contributed by atoms with Gasteiger partial charge in [0.25, 0.3) is 0 Å². The molecule has 5 rings (SSSR count). The molecule has 0 unspecified atom stereocenters. The van der Waals surface area contributed by atoms with E-state index in [9.17, 15) is 4.79 Å². The van der Waals surface area contributed by atoms with E-state index in [0.29, 0.717) is 6.54 Å². The van der Waals surface area contributed by atoms with Crippen LogP contribution in [0.15, 0.2) is 47.2 Å². The third-order valence-corrected chi connectivity index (χ3v) is 7.73. The van der Waals surface area contributed by atoms with Crippen LogP contribution in [0.25, 0.3) is 10.2 Å². The molecule has 2 aliphatic rings.